The van der Waals surface area contributed by atoms with Gasteiger partial charge in [0, 0.05) is 16.0 Å². The van der Waals surface area contributed by atoms with Crippen molar-refractivity contribution in [1.29, 1.82) is 0 Å². The predicted octanol–water partition coefficient (Wildman–Crippen LogP) is 4.38. The second-order valence-electron chi connectivity index (χ2n) is 5.65. The van der Waals surface area contributed by atoms with Crippen LogP contribution in [0.2, 0.25) is 5.02 Å². The van der Waals surface area contributed by atoms with Crippen LogP contribution in [0.15, 0.2) is 39.9 Å². The number of rotatable bonds is 3. The molecule has 3 N–H and O–H groups in total. The Morgan fingerprint density at radius 2 is 2.15 bits per heavy atom. The van der Waals surface area contributed by atoms with E-state index < -0.39 is 0 Å². The number of benzene rings is 2. The number of anilines is 1. The van der Waals surface area contributed by atoms with Gasteiger partial charge in [0.05, 0.1) is 16.2 Å². The fraction of sp³-hybridized carbons (Fsp3) is 0.0588. The zero-order valence-corrected chi connectivity index (χ0v) is 15.8. The zero-order valence-electron chi connectivity index (χ0n) is 13.5. The Morgan fingerprint density at radius 3 is 3.00 bits per heavy atom. The van der Waals surface area contributed by atoms with Crippen molar-refractivity contribution in [2.24, 2.45) is 5.10 Å². The fourth-order valence-electron chi connectivity index (χ4n) is 2.64. The van der Waals surface area contributed by atoms with E-state index in [0.717, 1.165) is 16.5 Å². The largest absolute Gasteiger partial charge is 0.506 e. The highest BCUT2D eigenvalue weighted by atomic mass is 79.9. The summed E-state index contributed by atoms with van der Waals surface area (Å²) in [6.45, 7) is 2.02. The normalized spacial score (nSPS) is 11.7. The first kappa shape index (κ1) is 16.7. The van der Waals surface area contributed by atoms with Crippen LogP contribution in [0, 0.1) is 6.92 Å². The summed E-state index contributed by atoms with van der Waals surface area (Å²) in [4.78, 5) is 7.64. The summed E-state index contributed by atoms with van der Waals surface area (Å²) < 4.78 is 0.485. The van der Waals surface area contributed by atoms with Crippen molar-refractivity contribution in [2.45, 2.75) is 6.92 Å². The van der Waals surface area contributed by atoms with Crippen molar-refractivity contribution in [3.05, 3.63) is 51.0 Å². The molecule has 0 saturated carbocycles. The van der Waals surface area contributed by atoms with Gasteiger partial charge in [-0.2, -0.15) is 10.1 Å². The van der Waals surface area contributed by atoms with Gasteiger partial charge in [-0.05, 0) is 40.5 Å². The van der Waals surface area contributed by atoms with Crippen LogP contribution < -0.4 is 5.43 Å². The molecule has 0 saturated heterocycles. The summed E-state index contributed by atoms with van der Waals surface area (Å²) in [7, 11) is 0. The quantitative estimate of drug-likeness (QED) is 0.330. The summed E-state index contributed by atoms with van der Waals surface area (Å²) in [5.74, 6) is 0.277. The number of fused-ring (bicyclic) bond motifs is 3. The lowest BCUT2D eigenvalue weighted by molar-refractivity contribution is 0.471. The van der Waals surface area contributed by atoms with Crippen molar-refractivity contribution < 1.29 is 5.11 Å². The first-order chi connectivity index (χ1) is 12.5. The lowest BCUT2D eigenvalue weighted by atomic mass is 10.1. The number of hydrogen-bond donors (Lipinski definition) is 3. The van der Waals surface area contributed by atoms with E-state index in [-0.39, 0.29) is 11.7 Å². The Balaban J connectivity index is 1.64. The number of nitrogens with one attached hydrogen (secondary N) is 2. The lowest BCUT2D eigenvalue weighted by Gasteiger charge is -2.02. The number of aromatic amines is 1. The van der Waals surface area contributed by atoms with Crippen molar-refractivity contribution in [2.75, 3.05) is 5.43 Å². The number of aryl methyl sites for hydroxylation is 1. The Kier molecular flexibility index (Phi) is 4.21. The molecule has 2 aromatic carbocycles. The van der Waals surface area contributed by atoms with E-state index in [1.165, 1.54) is 6.21 Å². The molecule has 0 aliphatic heterocycles. The molecular weight excluding hydrogens is 420 g/mol. The molecule has 26 heavy (non-hydrogen) atoms. The predicted molar refractivity (Wildman–Crippen MR) is 106 cm³/mol. The minimum absolute atomic E-state index is 0.0422. The average molecular weight is 432 g/mol. The molecule has 0 unspecified atom stereocenters. The number of hydrogen-bond acceptors (Lipinski definition) is 6. The van der Waals surface area contributed by atoms with Gasteiger partial charge in [-0.1, -0.05) is 29.8 Å². The van der Waals surface area contributed by atoms with Crippen molar-refractivity contribution in [1.82, 2.24) is 20.2 Å². The molecule has 2 heterocycles. The number of H-pyrrole nitrogens is 1. The van der Waals surface area contributed by atoms with E-state index in [2.05, 4.69) is 46.6 Å². The van der Waals surface area contributed by atoms with E-state index in [1.54, 1.807) is 12.1 Å². The van der Waals surface area contributed by atoms with Crippen LogP contribution in [-0.4, -0.2) is 31.5 Å². The third kappa shape index (κ3) is 2.97. The SMILES string of the molecule is Cc1cccc2c1[nH]c1nc(N/N=C/c3cc(Cl)cc(Br)c3O)nnc12. The summed E-state index contributed by atoms with van der Waals surface area (Å²) in [6.07, 6.45) is 1.43. The van der Waals surface area contributed by atoms with Gasteiger partial charge in [-0.25, -0.2) is 5.43 Å². The van der Waals surface area contributed by atoms with Gasteiger partial charge < -0.3 is 10.1 Å². The van der Waals surface area contributed by atoms with E-state index in [1.807, 2.05) is 25.1 Å². The van der Waals surface area contributed by atoms with Crippen LogP contribution in [0.1, 0.15) is 11.1 Å². The molecule has 0 radical (unpaired) electrons. The minimum Gasteiger partial charge on any atom is -0.506 e. The van der Waals surface area contributed by atoms with Crippen LogP contribution in [0.3, 0.4) is 0 Å². The Morgan fingerprint density at radius 1 is 1.31 bits per heavy atom. The van der Waals surface area contributed by atoms with Crippen LogP contribution in [-0.2, 0) is 0 Å². The highest BCUT2D eigenvalue weighted by Gasteiger charge is 2.10. The Bertz CT molecular complexity index is 1170. The van der Waals surface area contributed by atoms with Crippen LogP contribution in [0.5, 0.6) is 5.75 Å². The minimum atomic E-state index is 0.0422. The number of para-hydroxylation sites is 1. The molecule has 4 aromatic rings. The van der Waals surface area contributed by atoms with Crippen molar-refractivity contribution >= 4 is 61.8 Å². The second kappa shape index (κ2) is 6.54. The number of phenolic OH excluding ortho intramolecular Hbond substituents is 1. The monoisotopic (exact) mass is 430 g/mol. The lowest BCUT2D eigenvalue weighted by Crippen LogP contribution is -1.99. The third-order valence-corrected chi connectivity index (χ3v) is 4.71. The maximum absolute atomic E-state index is 9.99. The van der Waals surface area contributed by atoms with E-state index in [4.69, 9.17) is 11.6 Å². The summed E-state index contributed by atoms with van der Waals surface area (Å²) in [5, 5.41) is 23.8. The number of hydrazone groups is 1. The molecule has 0 atom stereocenters. The van der Waals surface area contributed by atoms with Gasteiger partial charge in [0.1, 0.15) is 11.3 Å². The topological polar surface area (TPSA) is 99.1 Å². The molecule has 0 aliphatic rings. The molecule has 130 valence electrons. The standard InChI is InChI=1S/C17H12BrClN6O/c1-8-3-2-4-11-13(8)21-16-14(11)23-25-17(22-16)24-20-7-9-5-10(19)6-12(18)15(9)26/h2-7,26H,1H3,(H2,21,22,24,25)/b20-7+. The second-order valence-corrected chi connectivity index (χ2v) is 6.94. The van der Waals surface area contributed by atoms with Crippen molar-refractivity contribution in [3.63, 3.8) is 0 Å². The number of halogens is 2. The van der Waals surface area contributed by atoms with Gasteiger partial charge >= 0.3 is 0 Å². The number of aromatic hydroxyl groups is 1. The number of nitrogens with zero attached hydrogens (tertiary/aromatic N) is 4. The van der Waals surface area contributed by atoms with E-state index in [9.17, 15) is 5.11 Å². The number of phenols is 1. The van der Waals surface area contributed by atoms with Gasteiger partial charge in [0.25, 0.3) is 5.95 Å². The van der Waals surface area contributed by atoms with Gasteiger partial charge in [-0.15, -0.1) is 10.2 Å². The molecule has 0 spiro atoms. The Hall–Kier alpha value is -2.71. The zero-order chi connectivity index (χ0) is 18.3. The molecule has 0 fully saturated rings. The summed E-state index contributed by atoms with van der Waals surface area (Å²) >= 11 is 9.20. The molecule has 9 heteroatoms. The van der Waals surface area contributed by atoms with Gasteiger partial charge in [-0.3, -0.25) is 0 Å². The highest BCUT2D eigenvalue weighted by molar-refractivity contribution is 9.10. The number of aromatic nitrogens is 4. The van der Waals surface area contributed by atoms with E-state index >= 15 is 0 Å². The molecule has 0 aliphatic carbocycles. The molecule has 4 rings (SSSR count). The van der Waals surface area contributed by atoms with Crippen molar-refractivity contribution in [3.8, 4) is 5.75 Å². The molecule has 2 aromatic heterocycles. The first-order valence-electron chi connectivity index (χ1n) is 7.62. The fourth-order valence-corrected chi connectivity index (χ4v) is 3.47. The third-order valence-electron chi connectivity index (χ3n) is 3.88. The van der Waals surface area contributed by atoms with E-state index in [0.29, 0.717) is 26.2 Å². The maximum Gasteiger partial charge on any atom is 0.265 e. The molecule has 0 bridgehead atoms. The van der Waals surface area contributed by atoms with Crippen LogP contribution >= 0.6 is 27.5 Å². The maximum atomic E-state index is 9.99. The van der Waals surface area contributed by atoms with Gasteiger partial charge in [0.15, 0.2) is 5.65 Å². The Labute approximate surface area is 161 Å². The average Bonchev–Trinajstić information content (AvgIpc) is 2.98. The summed E-state index contributed by atoms with van der Waals surface area (Å²) in [6, 6.07) is 9.15. The summed E-state index contributed by atoms with van der Waals surface area (Å²) in [5.41, 5.74) is 6.57. The van der Waals surface area contributed by atoms with Crippen LogP contribution in [0.4, 0.5) is 5.95 Å². The van der Waals surface area contributed by atoms with Crippen LogP contribution in [0.25, 0.3) is 22.1 Å². The molecule has 0 amide bonds. The first-order valence-corrected chi connectivity index (χ1v) is 8.79. The smallest absolute Gasteiger partial charge is 0.265 e. The molecule has 7 nitrogen and oxygen atoms in total. The van der Waals surface area contributed by atoms with Gasteiger partial charge in [0.2, 0.25) is 0 Å². The highest BCUT2D eigenvalue weighted by Crippen LogP contribution is 2.30. The molecular formula is C17H12BrClN6O.